The number of rotatable bonds is 5. The molecule has 0 aliphatic heterocycles. The van der Waals surface area contributed by atoms with Gasteiger partial charge in [0.05, 0.1) is 6.54 Å². The van der Waals surface area contributed by atoms with Crippen molar-refractivity contribution in [3.63, 3.8) is 0 Å². The quantitative estimate of drug-likeness (QED) is 0.639. The number of hydrogen-bond acceptors (Lipinski definition) is 4. The molecule has 0 saturated heterocycles. The maximum Gasteiger partial charge on any atom is 0.183 e. The second kappa shape index (κ2) is 7.13. The number of nitrogens with zero attached hydrogens (tertiary/aromatic N) is 1. The SMILES string of the molecule is Fc1ccc(Sc2ccc(NCc3cnc(Cl)s3)cc2)cc1. The van der Waals surface area contributed by atoms with Crippen LogP contribution in [0.15, 0.2) is 64.5 Å². The van der Waals surface area contributed by atoms with Gasteiger partial charge in [-0.1, -0.05) is 23.4 Å². The van der Waals surface area contributed by atoms with Crippen LogP contribution in [0.4, 0.5) is 10.1 Å². The molecule has 3 aromatic rings. The lowest BCUT2D eigenvalue weighted by molar-refractivity contribution is 0.626. The lowest BCUT2D eigenvalue weighted by Crippen LogP contribution is -1.96. The number of thiazole rings is 1. The molecule has 0 unspecified atom stereocenters. The second-order valence-corrected chi connectivity index (χ2v) is 7.36. The van der Waals surface area contributed by atoms with Gasteiger partial charge in [-0.3, -0.25) is 0 Å². The van der Waals surface area contributed by atoms with Crippen molar-refractivity contribution in [1.29, 1.82) is 0 Å². The molecule has 112 valence electrons. The zero-order chi connectivity index (χ0) is 15.4. The minimum Gasteiger partial charge on any atom is -0.380 e. The fourth-order valence-electron chi connectivity index (χ4n) is 1.83. The van der Waals surface area contributed by atoms with E-state index in [2.05, 4.69) is 10.3 Å². The van der Waals surface area contributed by atoms with Crippen LogP contribution in [-0.2, 0) is 6.54 Å². The van der Waals surface area contributed by atoms with Gasteiger partial charge in [0, 0.05) is 26.6 Å². The standard InChI is InChI=1S/C16H12ClFN2S2/c17-16-20-10-15(22-16)9-19-12-3-7-14(8-4-12)21-13-5-1-11(18)2-6-13/h1-8,10,19H,9H2. The topological polar surface area (TPSA) is 24.9 Å². The Hall–Kier alpha value is -1.56. The van der Waals surface area contributed by atoms with E-state index in [1.165, 1.54) is 23.5 Å². The lowest BCUT2D eigenvalue weighted by Gasteiger charge is -2.06. The van der Waals surface area contributed by atoms with E-state index in [-0.39, 0.29) is 5.82 Å². The number of halogens is 2. The molecule has 1 heterocycles. The van der Waals surface area contributed by atoms with E-state index in [1.54, 1.807) is 30.1 Å². The zero-order valence-electron chi connectivity index (χ0n) is 11.4. The number of benzene rings is 2. The largest absolute Gasteiger partial charge is 0.380 e. The van der Waals surface area contributed by atoms with Crippen molar-refractivity contribution < 1.29 is 4.39 Å². The van der Waals surface area contributed by atoms with Gasteiger partial charge in [0.1, 0.15) is 5.82 Å². The number of aromatic nitrogens is 1. The van der Waals surface area contributed by atoms with Crippen LogP contribution in [0.5, 0.6) is 0 Å². The highest BCUT2D eigenvalue weighted by atomic mass is 35.5. The number of hydrogen-bond donors (Lipinski definition) is 1. The third-order valence-electron chi connectivity index (χ3n) is 2.90. The van der Waals surface area contributed by atoms with Gasteiger partial charge in [-0.2, -0.15) is 0 Å². The molecule has 0 aliphatic rings. The highest BCUT2D eigenvalue weighted by Gasteiger charge is 2.01. The van der Waals surface area contributed by atoms with Gasteiger partial charge in [0.2, 0.25) is 0 Å². The third kappa shape index (κ3) is 4.22. The van der Waals surface area contributed by atoms with Gasteiger partial charge >= 0.3 is 0 Å². The highest BCUT2D eigenvalue weighted by molar-refractivity contribution is 7.99. The molecule has 1 N–H and O–H groups in total. The van der Waals surface area contributed by atoms with Crippen molar-refractivity contribution in [2.24, 2.45) is 0 Å². The van der Waals surface area contributed by atoms with Crippen molar-refractivity contribution in [3.8, 4) is 0 Å². The first-order valence-electron chi connectivity index (χ1n) is 6.56. The van der Waals surface area contributed by atoms with Crippen LogP contribution in [-0.4, -0.2) is 4.98 Å². The molecule has 0 atom stereocenters. The Bertz CT molecular complexity index is 742. The van der Waals surface area contributed by atoms with Gasteiger partial charge in [-0.15, -0.1) is 11.3 Å². The van der Waals surface area contributed by atoms with Crippen LogP contribution >= 0.6 is 34.7 Å². The molecule has 2 nitrogen and oxygen atoms in total. The first-order valence-corrected chi connectivity index (χ1v) is 8.58. The van der Waals surface area contributed by atoms with E-state index in [9.17, 15) is 4.39 Å². The molecule has 3 rings (SSSR count). The van der Waals surface area contributed by atoms with Gasteiger partial charge < -0.3 is 5.32 Å². The molecule has 0 spiro atoms. The van der Waals surface area contributed by atoms with Crippen LogP contribution in [0, 0.1) is 5.82 Å². The molecule has 2 aromatic carbocycles. The summed E-state index contributed by atoms with van der Waals surface area (Å²) in [4.78, 5) is 7.23. The van der Waals surface area contributed by atoms with Gasteiger partial charge in [-0.25, -0.2) is 9.37 Å². The second-order valence-electron chi connectivity index (χ2n) is 4.51. The fraction of sp³-hybridized carbons (Fsp3) is 0.0625. The summed E-state index contributed by atoms with van der Waals surface area (Å²) in [6.45, 7) is 0.703. The van der Waals surface area contributed by atoms with Crippen molar-refractivity contribution in [3.05, 3.63) is 69.9 Å². The summed E-state index contributed by atoms with van der Waals surface area (Å²) < 4.78 is 13.4. The first-order chi connectivity index (χ1) is 10.7. The van der Waals surface area contributed by atoms with Crippen molar-refractivity contribution in [2.75, 3.05) is 5.32 Å². The molecule has 6 heteroatoms. The molecule has 0 fully saturated rings. The van der Waals surface area contributed by atoms with Crippen LogP contribution in [0.25, 0.3) is 0 Å². The zero-order valence-corrected chi connectivity index (χ0v) is 13.8. The fourth-order valence-corrected chi connectivity index (χ4v) is 3.57. The van der Waals surface area contributed by atoms with Gasteiger partial charge in [0.15, 0.2) is 4.47 Å². The number of anilines is 1. The van der Waals surface area contributed by atoms with E-state index in [0.29, 0.717) is 11.0 Å². The number of nitrogens with one attached hydrogen (secondary N) is 1. The Morgan fingerprint density at radius 1 is 1.05 bits per heavy atom. The Labute approximate surface area is 141 Å². The Kier molecular flexibility index (Phi) is 4.97. The third-order valence-corrected chi connectivity index (χ3v) is 5.03. The molecule has 0 saturated carbocycles. The highest BCUT2D eigenvalue weighted by Crippen LogP contribution is 2.28. The molecular weight excluding hydrogens is 339 g/mol. The maximum atomic E-state index is 12.9. The Balaban J connectivity index is 1.59. The molecule has 0 amide bonds. The Morgan fingerprint density at radius 3 is 2.27 bits per heavy atom. The van der Waals surface area contributed by atoms with E-state index >= 15 is 0 Å². The molecule has 0 radical (unpaired) electrons. The van der Waals surface area contributed by atoms with E-state index in [4.69, 9.17) is 11.6 Å². The van der Waals surface area contributed by atoms with Crippen molar-refractivity contribution in [1.82, 2.24) is 4.98 Å². The summed E-state index contributed by atoms with van der Waals surface area (Å²) >= 11 is 8.88. The smallest absolute Gasteiger partial charge is 0.183 e. The maximum absolute atomic E-state index is 12.9. The molecule has 0 aliphatic carbocycles. The van der Waals surface area contributed by atoms with Crippen molar-refractivity contribution >= 4 is 40.4 Å². The summed E-state index contributed by atoms with van der Waals surface area (Å²) in [7, 11) is 0. The molecule has 1 aromatic heterocycles. The first kappa shape index (κ1) is 15.3. The van der Waals surface area contributed by atoms with Crippen LogP contribution in [0.3, 0.4) is 0 Å². The normalized spacial score (nSPS) is 10.6. The van der Waals surface area contributed by atoms with E-state index in [1.807, 2.05) is 24.3 Å². The summed E-state index contributed by atoms with van der Waals surface area (Å²) in [5.41, 5.74) is 1.04. The summed E-state index contributed by atoms with van der Waals surface area (Å²) in [6, 6.07) is 14.6. The van der Waals surface area contributed by atoms with E-state index in [0.717, 1.165) is 20.4 Å². The Morgan fingerprint density at radius 2 is 1.68 bits per heavy atom. The predicted octanol–water partition coefficient (Wildman–Crippen LogP) is 5.70. The molecule has 22 heavy (non-hydrogen) atoms. The predicted molar refractivity (Wildman–Crippen MR) is 91.4 cm³/mol. The van der Waals surface area contributed by atoms with E-state index < -0.39 is 0 Å². The van der Waals surface area contributed by atoms with Gasteiger partial charge in [0.25, 0.3) is 0 Å². The lowest BCUT2D eigenvalue weighted by atomic mass is 10.3. The summed E-state index contributed by atoms with van der Waals surface area (Å²) in [5, 5.41) is 3.33. The molecular formula is C16H12ClFN2S2. The van der Waals surface area contributed by atoms with Gasteiger partial charge in [-0.05, 0) is 48.5 Å². The molecule has 0 bridgehead atoms. The minimum atomic E-state index is -0.216. The minimum absolute atomic E-state index is 0.216. The average Bonchev–Trinajstić information content (AvgIpc) is 2.94. The summed E-state index contributed by atoms with van der Waals surface area (Å²) in [5.74, 6) is -0.216. The summed E-state index contributed by atoms with van der Waals surface area (Å²) in [6.07, 6.45) is 1.78. The van der Waals surface area contributed by atoms with Crippen LogP contribution in [0.1, 0.15) is 4.88 Å². The van der Waals surface area contributed by atoms with Crippen LogP contribution < -0.4 is 5.32 Å². The monoisotopic (exact) mass is 350 g/mol. The van der Waals surface area contributed by atoms with Crippen LogP contribution in [0.2, 0.25) is 4.47 Å². The average molecular weight is 351 g/mol. The van der Waals surface area contributed by atoms with Crippen molar-refractivity contribution in [2.45, 2.75) is 16.3 Å².